The Morgan fingerprint density at radius 1 is 1.32 bits per heavy atom. The Morgan fingerprint density at radius 2 is 2.05 bits per heavy atom. The van der Waals surface area contributed by atoms with E-state index in [-0.39, 0.29) is 29.2 Å². The number of hydrogen-bond donors (Lipinski definition) is 1. The fourth-order valence-corrected chi connectivity index (χ4v) is 5.19. The van der Waals surface area contributed by atoms with E-state index in [1.807, 2.05) is 0 Å². The predicted molar refractivity (Wildman–Crippen MR) is 82.0 cm³/mol. The molecule has 1 N–H and O–H groups in total. The standard InChI is InChI=1S/C15H20N2O4S/c1-9-13-11(4-3-5-12(13)18)16-14(9)15(19)17(2)10-6-7-22(20,21)8-10/h10,16H,3-8H2,1-2H3. The molecule has 22 heavy (non-hydrogen) atoms. The molecule has 2 heterocycles. The number of rotatable bonds is 2. The SMILES string of the molecule is Cc1c(C(=O)N(C)C2CCS(=O)(=O)C2)[nH]c2c1C(=O)CCC2. The molecule has 0 aromatic carbocycles. The molecule has 7 heteroatoms. The van der Waals surface area contributed by atoms with Crippen LogP contribution in [0.4, 0.5) is 0 Å². The van der Waals surface area contributed by atoms with E-state index in [9.17, 15) is 18.0 Å². The topological polar surface area (TPSA) is 87.3 Å². The maximum absolute atomic E-state index is 12.7. The number of aromatic nitrogens is 1. The van der Waals surface area contributed by atoms with Crippen molar-refractivity contribution in [1.82, 2.24) is 9.88 Å². The Balaban J connectivity index is 1.88. The van der Waals surface area contributed by atoms with E-state index >= 15 is 0 Å². The molecule has 0 spiro atoms. The van der Waals surface area contributed by atoms with Crippen LogP contribution in [0.15, 0.2) is 0 Å². The Morgan fingerprint density at radius 3 is 2.64 bits per heavy atom. The summed E-state index contributed by atoms with van der Waals surface area (Å²) in [5, 5.41) is 0. The average Bonchev–Trinajstić information content (AvgIpc) is 2.98. The number of carbonyl (C=O) groups excluding carboxylic acids is 2. The summed E-state index contributed by atoms with van der Waals surface area (Å²) >= 11 is 0. The predicted octanol–water partition coefficient (Wildman–Crippen LogP) is 1.10. The highest BCUT2D eigenvalue weighted by atomic mass is 32.2. The van der Waals surface area contributed by atoms with E-state index < -0.39 is 9.84 Å². The lowest BCUT2D eigenvalue weighted by molar-refractivity contribution is 0.0741. The minimum absolute atomic E-state index is 0.0215. The van der Waals surface area contributed by atoms with Crippen molar-refractivity contribution in [2.24, 2.45) is 0 Å². The van der Waals surface area contributed by atoms with Gasteiger partial charge in [0.25, 0.3) is 5.91 Å². The summed E-state index contributed by atoms with van der Waals surface area (Å²) in [5.74, 6) is 0.00341. The van der Waals surface area contributed by atoms with Crippen LogP contribution in [-0.4, -0.2) is 54.6 Å². The second-order valence-corrected chi connectivity index (χ2v) is 8.46. The van der Waals surface area contributed by atoms with Gasteiger partial charge >= 0.3 is 0 Å². The van der Waals surface area contributed by atoms with Gasteiger partial charge in [-0.05, 0) is 31.7 Å². The molecular weight excluding hydrogens is 304 g/mol. The zero-order valence-electron chi connectivity index (χ0n) is 12.8. The van der Waals surface area contributed by atoms with Crippen LogP contribution in [0, 0.1) is 6.92 Å². The minimum Gasteiger partial charge on any atom is -0.354 e. The first-order valence-electron chi connectivity index (χ1n) is 7.52. The summed E-state index contributed by atoms with van der Waals surface area (Å²) < 4.78 is 23.2. The Hall–Kier alpha value is -1.63. The van der Waals surface area contributed by atoms with Gasteiger partial charge in [-0.2, -0.15) is 0 Å². The van der Waals surface area contributed by atoms with Gasteiger partial charge in [-0.25, -0.2) is 8.42 Å². The van der Waals surface area contributed by atoms with Crippen molar-refractivity contribution in [3.05, 3.63) is 22.5 Å². The molecule has 120 valence electrons. The van der Waals surface area contributed by atoms with Crippen LogP contribution >= 0.6 is 0 Å². The number of aryl methyl sites for hydroxylation is 1. The maximum atomic E-state index is 12.7. The van der Waals surface area contributed by atoms with Crippen molar-refractivity contribution in [3.63, 3.8) is 0 Å². The quantitative estimate of drug-likeness (QED) is 0.882. The van der Waals surface area contributed by atoms with Gasteiger partial charge in [-0.15, -0.1) is 0 Å². The summed E-state index contributed by atoms with van der Waals surface area (Å²) in [6, 6.07) is -0.284. The summed E-state index contributed by atoms with van der Waals surface area (Å²) in [6.45, 7) is 1.78. The van der Waals surface area contributed by atoms with E-state index in [2.05, 4.69) is 4.98 Å². The summed E-state index contributed by atoms with van der Waals surface area (Å²) in [7, 11) is -1.40. The number of H-pyrrole nitrogens is 1. The number of fused-ring (bicyclic) bond motifs is 1. The van der Waals surface area contributed by atoms with Crippen molar-refractivity contribution < 1.29 is 18.0 Å². The first-order chi connectivity index (χ1) is 10.3. The van der Waals surface area contributed by atoms with Crippen LogP contribution in [-0.2, 0) is 16.3 Å². The third-order valence-corrected chi connectivity index (χ3v) is 6.48. The fourth-order valence-electron chi connectivity index (χ4n) is 3.41. The second kappa shape index (κ2) is 5.22. The van der Waals surface area contributed by atoms with E-state index in [1.54, 1.807) is 14.0 Å². The summed E-state index contributed by atoms with van der Waals surface area (Å²) in [6.07, 6.45) is 2.58. The lowest BCUT2D eigenvalue weighted by Crippen LogP contribution is -2.38. The molecule has 0 saturated carbocycles. The first kappa shape index (κ1) is 15.3. The lowest BCUT2D eigenvalue weighted by atomic mass is 9.93. The fraction of sp³-hybridized carbons (Fsp3) is 0.600. The highest BCUT2D eigenvalue weighted by Gasteiger charge is 2.35. The Bertz CT molecular complexity index is 748. The van der Waals surface area contributed by atoms with Crippen molar-refractivity contribution in [3.8, 4) is 0 Å². The first-order valence-corrected chi connectivity index (χ1v) is 9.34. The van der Waals surface area contributed by atoms with Gasteiger partial charge in [0, 0.05) is 30.8 Å². The van der Waals surface area contributed by atoms with Crippen molar-refractivity contribution in [1.29, 1.82) is 0 Å². The number of carbonyl (C=O) groups is 2. The Kier molecular flexibility index (Phi) is 3.63. The molecule has 1 aromatic rings. The normalized spacial score (nSPS) is 23.4. The molecule has 1 aliphatic heterocycles. The third kappa shape index (κ3) is 2.47. The van der Waals surface area contributed by atoms with Crippen molar-refractivity contribution in [2.75, 3.05) is 18.6 Å². The molecule has 1 unspecified atom stereocenters. The molecule has 0 radical (unpaired) electrons. The van der Waals surface area contributed by atoms with Crippen molar-refractivity contribution >= 4 is 21.5 Å². The van der Waals surface area contributed by atoms with Crippen LogP contribution in [0.5, 0.6) is 0 Å². The molecule has 6 nitrogen and oxygen atoms in total. The molecule has 1 saturated heterocycles. The minimum atomic E-state index is -3.04. The average molecular weight is 324 g/mol. The zero-order valence-corrected chi connectivity index (χ0v) is 13.6. The largest absolute Gasteiger partial charge is 0.354 e. The number of hydrogen-bond acceptors (Lipinski definition) is 4. The number of aromatic amines is 1. The number of nitrogens with one attached hydrogen (secondary N) is 1. The van der Waals surface area contributed by atoms with Crippen LogP contribution in [0.25, 0.3) is 0 Å². The third-order valence-electron chi connectivity index (χ3n) is 4.73. The Labute approximate surface area is 129 Å². The van der Waals surface area contributed by atoms with Crippen LogP contribution in [0.3, 0.4) is 0 Å². The molecule has 0 bridgehead atoms. The zero-order chi connectivity index (χ0) is 16.1. The smallest absolute Gasteiger partial charge is 0.270 e. The van der Waals surface area contributed by atoms with Gasteiger partial charge in [0.05, 0.1) is 11.5 Å². The van der Waals surface area contributed by atoms with Crippen LogP contribution < -0.4 is 0 Å². The number of Topliss-reactive ketones (excluding diaryl/α,β-unsaturated/α-hetero) is 1. The summed E-state index contributed by atoms with van der Waals surface area (Å²) in [4.78, 5) is 29.3. The number of amides is 1. The van der Waals surface area contributed by atoms with Gasteiger partial charge in [0.2, 0.25) is 0 Å². The highest BCUT2D eigenvalue weighted by molar-refractivity contribution is 7.91. The lowest BCUT2D eigenvalue weighted by Gasteiger charge is -2.23. The van der Waals surface area contributed by atoms with E-state index in [0.717, 1.165) is 18.5 Å². The molecule has 1 aromatic heterocycles. The van der Waals surface area contributed by atoms with E-state index in [0.29, 0.717) is 29.7 Å². The van der Waals surface area contributed by atoms with Crippen molar-refractivity contribution in [2.45, 2.75) is 38.6 Å². The second-order valence-electron chi connectivity index (χ2n) is 6.23. The van der Waals surface area contributed by atoms with Gasteiger partial charge in [0.15, 0.2) is 15.6 Å². The van der Waals surface area contributed by atoms with Gasteiger partial charge in [-0.1, -0.05) is 0 Å². The molecular formula is C15H20N2O4S. The molecule has 1 aliphatic carbocycles. The van der Waals surface area contributed by atoms with Gasteiger partial charge < -0.3 is 9.88 Å². The van der Waals surface area contributed by atoms with Gasteiger partial charge in [-0.3, -0.25) is 9.59 Å². The molecule has 2 aliphatic rings. The molecule has 1 fully saturated rings. The van der Waals surface area contributed by atoms with Gasteiger partial charge in [0.1, 0.15) is 5.69 Å². The summed E-state index contributed by atoms with van der Waals surface area (Å²) in [5.41, 5.74) is 2.61. The van der Waals surface area contributed by atoms with Crippen LogP contribution in [0.2, 0.25) is 0 Å². The number of sulfone groups is 1. The number of ketones is 1. The van der Waals surface area contributed by atoms with E-state index in [4.69, 9.17) is 0 Å². The monoisotopic (exact) mass is 324 g/mol. The number of nitrogens with zero attached hydrogens (tertiary/aromatic N) is 1. The van der Waals surface area contributed by atoms with Crippen LogP contribution in [0.1, 0.15) is 51.4 Å². The van der Waals surface area contributed by atoms with E-state index in [1.165, 1.54) is 4.90 Å². The maximum Gasteiger partial charge on any atom is 0.270 e. The molecule has 1 amide bonds. The molecule has 1 atom stereocenters. The molecule has 3 rings (SSSR count). The highest BCUT2D eigenvalue weighted by Crippen LogP contribution is 2.28.